The fraction of sp³-hybridized carbons (Fsp3) is 0.190. The molecule has 3 aromatic rings. The van der Waals surface area contributed by atoms with Gasteiger partial charge in [0, 0.05) is 16.5 Å². The van der Waals surface area contributed by atoms with E-state index in [4.69, 9.17) is 14.2 Å². The maximum Gasteiger partial charge on any atom is 0.417 e. The molecule has 0 unspecified atom stereocenters. The molecule has 0 aromatic heterocycles. The van der Waals surface area contributed by atoms with Crippen molar-refractivity contribution in [2.75, 3.05) is 6.79 Å². The summed E-state index contributed by atoms with van der Waals surface area (Å²) >= 11 is 0. The van der Waals surface area contributed by atoms with Crippen molar-refractivity contribution in [2.45, 2.75) is 19.0 Å². The summed E-state index contributed by atoms with van der Waals surface area (Å²) in [5.74, 6) is -1.07. The van der Waals surface area contributed by atoms with E-state index in [1.54, 1.807) is 0 Å². The van der Waals surface area contributed by atoms with Crippen LogP contribution < -0.4 is 9.47 Å². The number of phenols is 1. The highest BCUT2D eigenvalue weighted by Crippen LogP contribution is 2.50. The van der Waals surface area contributed by atoms with Crippen molar-refractivity contribution in [1.29, 1.82) is 0 Å². The van der Waals surface area contributed by atoms with Crippen LogP contribution in [0, 0.1) is 0 Å². The molecule has 0 atom stereocenters. The van der Waals surface area contributed by atoms with Crippen LogP contribution in [0.5, 0.6) is 17.2 Å². The summed E-state index contributed by atoms with van der Waals surface area (Å²) in [7, 11) is 0. The first-order valence-corrected chi connectivity index (χ1v) is 9.04. The summed E-state index contributed by atoms with van der Waals surface area (Å²) < 4.78 is 96.5. The molecule has 2 aliphatic heterocycles. The van der Waals surface area contributed by atoms with Crippen LogP contribution in [0.25, 0.3) is 21.9 Å². The van der Waals surface area contributed by atoms with Gasteiger partial charge in [0.05, 0.1) is 16.7 Å². The summed E-state index contributed by atoms with van der Waals surface area (Å²) in [6.07, 6.45) is -10.7. The fourth-order valence-corrected chi connectivity index (χ4v) is 3.97. The van der Waals surface area contributed by atoms with Gasteiger partial charge in [-0.3, -0.25) is 0 Å². The van der Waals surface area contributed by atoms with Crippen LogP contribution in [0.1, 0.15) is 27.0 Å². The highest BCUT2D eigenvalue weighted by atomic mass is 19.4. The lowest BCUT2D eigenvalue weighted by molar-refractivity contribution is -0.161. The van der Waals surface area contributed by atoms with E-state index in [9.17, 15) is 36.2 Å². The number of hydrogen-bond acceptors (Lipinski definition) is 5. The van der Waals surface area contributed by atoms with E-state index >= 15 is 0 Å². The Balaban J connectivity index is 1.93. The van der Waals surface area contributed by atoms with Gasteiger partial charge >= 0.3 is 18.3 Å². The second kappa shape index (κ2) is 6.44. The van der Waals surface area contributed by atoms with Crippen molar-refractivity contribution in [3.05, 3.63) is 52.6 Å². The second-order valence-electron chi connectivity index (χ2n) is 7.16. The molecule has 0 saturated heterocycles. The number of carbonyl (C=O) groups is 1. The van der Waals surface area contributed by atoms with Gasteiger partial charge in [-0.2, -0.15) is 26.3 Å². The summed E-state index contributed by atoms with van der Waals surface area (Å²) in [6.45, 7) is -0.529. The Labute approximate surface area is 174 Å². The van der Waals surface area contributed by atoms with Crippen molar-refractivity contribution in [3.63, 3.8) is 0 Å². The molecule has 1 N–H and O–H groups in total. The number of cyclic esters (lactones) is 1. The minimum absolute atomic E-state index is 0.0948. The van der Waals surface area contributed by atoms with Crippen molar-refractivity contribution >= 4 is 16.7 Å². The predicted octanol–water partition coefficient (Wildman–Crippen LogP) is 5.65. The average Bonchev–Trinajstić information content (AvgIpc) is 3.33. The van der Waals surface area contributed by atoms with E-state index in [1.807, 2.05) is 0 Å². The van der Waals surface area contributed by atoms with Gasteiger partial charge in [0.15, 0.2) is 11.5 Å². The molecule has 0 spiro atoms. The zero-order valence-corrected chi connectivity index (χ0v) is 15.6. The Morgan fingerprint density at radius 1 is 0.781 bits per heavy atom. The zero-order valence-electron chi connectivity index (χ0n) is 15.6. The number of esters is 1. The first-order chi connectivity index (χ1) is 15.0. The lowest BCUT2D eigenvalue weighted by Crippen LogP contribution is -2.16. The maximum atomic E-state index is 13.6. The number of rotatable bonds is 1. The number of halogens is 6. The molecule has 0 fully saturated rings. The van der Waals surface area contributed by atoms with Crippen LogP contribution in [0.3, 0.4) is 0 Å². The smallest absolute Gasteiger partial charge is 0.417 e. The molecular weight excluding hydrogens is 446 g/mol. The number of ether oxygens (including phenoxy) is 3. The molecule has 0 amide bonds. The molecule has 2 aliphatic rings. The van der Waals surface area contributed by atoms with Crippen LogP contribution in [-0.2, 0) is 23.7 Å². The van der Waals surface area contributed by atoms with Crippen LogP contribution in [-0.4, -0.2) is 17.9 Å². The molecule has 5 nitrogen and oxygen atoms in total. The topological polar surface area (TPSA) is 65.0 Å². The summed E-state index contributed by atoms with van der Waals surface area (Å²) in [5, 5.41) is 9.69. The number of carbonyl (C=O) groups excluding carboxylic acids is 1. The predicted molar refractivity (Wildman–Crippen MR) is 96.3 cm³/mol. The Kier molecular flexibility index (Phi) is 4.08. The van der Waals surface area contributed by atoms with Crippen molar-refractivity contribution in [1.82, 2.24) is 0 Å². The molecule has 0 aliphatic carbocycles. The van der Waals surface area contributed by atoms with Gasteiger partial charge in [-0.15, -0.1) is 0 Å². The monoisotopic (exact) mass is 456 g/mol. The highest BCUT2D eigenvalue weighted by Gasteiger charge is 2.44. The van der Waals surface area contributed by atoms with Gasteiger partial charge < -0.3 is 19.3 Å². The van der Waals surface area contributed by atoms with Gasteiger partial charge in [0.2, 0.25) is 6.79 Å². The van der Waals surface area contributed by atoms with E-state index in [2.05, 4.69) is 0 Å². The lowest BCUT2D eigenvalue weighted by Gasteiger charge is -2.20. The summed E-state index contributed by atoms with van der Waals surface area (Å²) in [5.41, 5.74) is -4.14. The fourth-order valence-electron chi connectivity index (χ4n) is 3.97. The maximum absolute atomic E-state index is 13.6. The molecule has 0 radical (unpaired) electrons. The van der Waals surface area contributed by atoms with Crippen molar-refractivity contribution in [2.24, 2.45) is 0 Å². The molecule has 11 heteroatoms. The molecule has 32 heavy (non-hydrogen) atoms. The van der Waals surface area contributed by atoms with Crippen LogP contribution in [0.4, 0.5) is 26.3 Å². The van der Waals surface area contributed by atoms with E-state index in [-0.39, 0.29) is 46.2 Å². The first kappa shape index (κ1) is 20.3. The lowest BCUT2D eigenvalue weighted by atomic mass is 9.87. The van der Waals surface area contributed by atoms with Gasteiger partial charge in [-0.05, 0) is 35.2 Å². The standard InChI is InChI=1S/C21H10F6O5/c22-20(23,24)12-4-9-10(5-13(12)21(25,26)27)18(28)11-6-30-19(29)17(11)16(9)8-1-2-14-15(3-8)32-7-31-14/h1-5,28H,6-7H2. The molecule has 2 heterocycles. The largest absolute Gasteiger partial charge is 0.507 e. The zero-order chi connectivity index (χ0) is 23.0. The normalized spacial score (nSPS) is 15.2. The SMILES string of the molecule is O=C1OCc2c1c(-c1ccc3c(c1)OCO3)c1cc(C(F)(F)F)c(C(F)(F)F)cc1c2O. The second-order valence-corrected chi connectivity index (χ2v) is 7.16. The Morgan fingerprint density at radius 2 is 1.41 bits per heavy atom. The molecule has 0 saturated carbocycles. The third-order valence-corrected chi connectivity index (χ3v) is 5.34. The Morgan fingerprint density at radius 3 is 2.06 bits per heavy atom. The van der Waals surface area contributed by atoms with Gasteiger partial charge in [-0.25, -0.2) is 4.79 Å². The quantitative estimate of drug-likeness (QED) is 0.379. The minimum Gasteiger partial charge on any atom is -0.507 e. The third kappa shape index (κ3) is 2.91. The number of phenolic OH excluding ortho intramolecular Hbond substituents is 1. The summed E-state index contributed by atoms with van der Waals surface area (Å²) in [6, 6.07) is 4.82. The molecule has 166 valence electrons. The average molecular weight is 456 g/mol. The van der Waals surface area contributed by atoms with Gasteiger partial charge in [0.1, 0.15) is 12.4 Å². The molecular formula is C21H10F6O5. The van der Waals surface area contributed by atoms with E-state index < -0.39 is 47.2 Å². The Hall–Kier alpha value is -3.63. The number of benzene rings is 3. The number of fused-ring (bicyclic) bond motifs is 3. The van der Waals surface area contributed by atoms with E-state index in [0.717, 1.165) is 0 Å². The van der Waals surface area contributed by atoms with Crippen LogP contribution in [0.15, 0.2) is 30.3 Å². The third-order valence-electron chi connectivity index (χ3n) is 5.34. The van der Waals surface area contributed by atoms with E-state index in [0.29, 0.717) is 11.8 Å². The van der Waals surface area contributed by atoms with Crippen molar-refractivity contribution < 1.29 is 50.5 Å². The molecule has 3 aromatic carbocycles. The molecule has 5 rings (SSSR count). The van der Waals surface area contributed by atoms with Gasteiger partial charge in [0.25, 0.3) is 0 Å². The van der Waals surface area contributed by atoms with Crippen LogP contribution in [0.2, 0.25) is 0 Å². The molecule has 0 bridgehead atoms. The number of hydrogen-bond donors (Lipinski definition) is 1. The van der Waals surface area contributed by atoms with Gasteiger partial charge in [-0.1, -0.05) is 6.07 Å². The van der Waals surface area contributed by atoms with Crippen LogP contribution >= 0.6 is 0 Å². The summed E-state index contributed by atoms with van der Waals surface area (Å²) in [4.78, 5) is 12.4. The number of aromatic hydroxyl groups is 1. The highest BCUT2D eigenvalue weighted by molar-refractivity contribution is 6.13. The Bertz CT molecular complexity index is 1310. The first-order valence-electron chi connectivity index (χ1n) is 9.04. The number of alkyl halides is 6. The minimum atomic E-state index is -5.35. The van der Waals surface area contributed by atoms with E-state index in [1.165, 1.54) is 18.2 Å². The van der Waals surface area contributed by atoms with Crippen molar-refractivity contribution in [3.8, 4) is 28.4 Å².